The molecular weight excluding hydrogens is 293 g/mol. The van der Waals surface area contributed by atoms with Crippen molar-refractivity contribution in [3.8, 4) is 5.75 Å². The lowest BCUT2D eigenvalue weighted by Gasteiger charge is -2.03. The molecule has 0 aliphatic rings. The standard InChI is InChI=1S/C10H8INO2/c1-5-2-3-7-6(4-5)9(13)8(11)10(14)12-7/h2-4H,1H3,(H2,12,13,14). The molecule has 14 heavy (non-hydrogen) atoms. The fourth-order valence-electron chi connectivity index (χ4n) is 1.37. The van der Waals surface area contributed by atoms with Crippen molar-refractivity contribution in [2.75, 3.05) is 0 Å². The summed E-state index contributed by atoms with van der Waals surface area (Å²) in [6.45, 7) is 1.94. The van der Waals surface area contributed by atoms with Crippen LogP contribution in [0.25, 0.3) is 10.9 Å². The summed E-state index contributed by atoms with van der Waals surface area (Å²) in [6, 6.07) is 5.54. The number of benzene rings is 1. The molecule has 0 bridgehead atoms. The Labute approximate surface area is 93.9 Å². The molecule has 2 N–H and O–H groups in total. The third-order valence-corrected chi connectivity index (χ3v) is 3.09. The molecule has 72 valence electrons. The maximum Gasteiger partial charge on any atom is 0.265 e. The van der Waals surface area contributed by atoms with Gasteiger partial charge in [0.25, 0.3) is 5.56 Å². The van der Waals surface area contributed by atoms with Crippen molar-refractivity contribution in [2.24, 2.45) is 0 Å². The summed E-state index contributed by atoms with van der Waals surface area (Å²) >= 11 is 1.83. The lowest BCUT2D eigenvalue weighted by molar-refractivity contribution is 0.476. The first-order valence-corrected chi connectivity index (χ1v) is 5.18. The largest absolute Gasteiger partial charge is 0.506 e. The Morgan fingerprint density at radius 2 is 2.14 bits per heavy atom. The third kappa shape index (κ3) is 1.39. The van der Waals surface area contributed by atoms with E-state index in [1.54, 1.807) is 6.07 Å². The normalized spacial score (nSPS) is 10.7. The summed E-state index contributed by atoms with van der Waals surface area (Å²) in [5.41, 5.74) is 1.47. The van der Waals surface area contributed by atoms with E-state index < -0.39 is 0 Å². The van der Waals surface area contributed by atoms with Gasteiger partial charge in [0.1, 0.15) is 9.32 Å². The molecule has 0 spiro atoms. The van der Waals surface area contributed by atoms with Gasteiger partial charge in [0.05, 0.1) is 5.52 Å². The van der Waals surface area contributed by atoms with Crippen molar-refractivity contribution in [3.63, 3.8) is 0 Å². The van der Waals surface area contributed by atoms with E-state index in [9.17, 15) is 9.90 Å². The molecule has 1 aromatic carbocycles. The number of hydrogen-bond donors (Lipinski definition) is 2. The fraction of sp³-hybridized carbons (Fsp3) is 0.100. The number of hydrogen-bond acceptors (Lipinski definition) is 2. The van der Waals surface area contributed by atoms with E-state index in [4.69, 9.17) is 0 Å². The number of pyridine rings is 1. The lowest BCUT2D eigenvalue weighted by Crippen LogP contribution is -2.09. The molecule has 0 unspecified atom stereocenters. The van der Waals surface area contributed by atoms with Crippen molar-refractivity contribution in [1.29, 1.82) is 0 Å². The van der Waals surface area contributed by atoms with Gasteiger partial charge in [0.15, 0.2) is 0 Å². The Morgan fingerprint density at radius 3 is 2.86 bits per heavy atom. The second-order valence-corrected chi connectivity index (χ2v) is 4.24. The molecule has 0 aliphatic heterocycles. The summed E-state index contributed by atoms with van der Waals surface area (Å²) < 4.78 is 0.334. The summed E-state index contributed by atoms with van der Waals surface area (Å²) in [5, 5.41) is 10.4. The molecule has 0 atom stereocenters. The highest BCUT2D eigenvalue weighted by Gasteiger charge is 2.08. The number of H-pyrrole nitrogens is 1. The van der Waals surface area contributed by atoms with E-state index in [2.05, 4.69) is 4.98 Å². The summed E-state index contributed by atoms with van der Waals surface area (Å²) in [7, 11) is 0. The molecule has 4 heteroatoms. The molecule has 2 aromatic rings. The minimum Gasteiger partial charge on any atom is -0.506 e. The molecule has 1 aromatic heterocycles. The van der Waals surface area contributed by atoms with Gasteiger partial charge in [0.2, 0.25) is 0 Å². The van der Waals surface area contributed by atoms with Crippen LogP contribution in [-0.4, -0.2) is 10.1 Å². The van der Waals surface area contributed by atoms with E-state index in [0.717, 1.165) is 5.56 Å². The number of halogens is 1. The predicted molar refractivity (Wildman–Crippen MR) is 63.7 cm³/mol. The van der Waals surface area contributed by atoms with Crippen molar-refractivity contribution in [1.82, 2.24) is 4.98 Å². The first-order valence-electron chi connectivity index (χ1n) is 4.10. The summed E-state index contributed by atoms with van der Waals surface area (Å²) in [5.74, 6) is 0.0630. The van der Waals surface area contributed by atoms with Crippen molar-refractivity contribution < 1.29 is 5.11 Å². The fourth-order valence-corrected chi connectivity index (χ4v) is 1.79. The van der Waals surface area contributed by atoms with E-state index in [-0.39, 0.29) is 11.3 Å². The van der Waals surface area contributed by atoms with Gasteiger partial charge in [-0.05, 0) is 41.6 Å². The predicted octanol–water partition coefficient (Wildman–Crippen LogP) is 2.15. The topological polar surface area (TPSA) is 53.1 Å². The van der Waals surface area contributed by atoms with E-state index in [0.29, 0.717) is 14.5 Å². The average Bonchev–Trinajstić information content (AvgIpc) is 2.16. The number of rotatable bonds is 0. The quantitative estimate of drug-likeness (QED) is 0.733. The zero-order valence-corrected chi connectivity index (χ0v) is 9.62. The number of nitrogens with one attached hydrogen (secondary N) is 1. The summed E-state index contributed by atoms with van der Waals surface area (Å²) in [4.78, 5) is 14.0. The van der Waals surface area contributed by atoms with E-state index in [1.807, 2.05) is 41.6 Å². The Kier molecular flexibility index (Phi) is 2.22. The van der Waals surface area contributed by atoms with Crippen molar-refractivity contribution in [3.05, 3.63) is 37.7 Å². The first kappa shape index (κ1) is 9.51. The van der Waals surface area contributed by atoms with Gasteiger partial charge in [-0.25, -0.2) is 0 Å². The lowest BCUT2D eigenvalue weighted by atomic mass is 10.1. The zero-order chi connectivity index (χ0) is 10.3. The highest BCUT2D eigenvalue weighted by atomic mass is 127. The van der Waals surface area contributed by atoms with Crippen LogP contribution in [-0.2, 0) is 0 Å². The molecule has 0 fully saturated rings. The van der Waals surface area contributed by atoms with Crippen molar-refractivity contribution in [2.45, 2.75) is 6.92 Å². The first-order chi connectivity index (χ1) is 6.59. The molecule has 2 rings (SSSR count). The van der Waals surface area contributed by atoms with Crippen LogP contribution in [0.5, 0.6) is 5.75 Å². The van der Waals surface area contributed by atoms with Crippen LogP contribution in [0.1, 0.15) is 5.56 Å². The number of aromatic hydroxyl groups is 1. The van der Waals surface area contributed by atoms with Crippen LogP contribution in [0.4, 0.5) is 0 Å². The number of aromatic nitrogens is 1. The minimum atomic E-state index is -0.251. The van der Waals surface area contributed by atoms with E-state index >= 15 is 0 Å². The van der Waals surface area contributed by atoms with E-state index in [1.165, 1.54) is 0 Å². The number of aryl methyl sites for hydroxylation is 1. The Balaban J connectivity index is 2.99. The number of aromatic amines is 1. The Bertz CT molecular complexity index is 560. The molecule has 0 saturated heterocycles. The van der Waals surface area contributed by atoms with Gasteiger partial charge >= 0.3 is 0 Å². The second kappa shape index (κ2) is 3.27. The van der Waals surface area contributed by atoms with Gasteiger partial charge in [-0.15, -0.1) is 0 Å². The third-order valence-electron chi connectivity index (χ3n) is 2.09. The maximum absolute atomic E-state index is 11.3. The molecule has 3 nitrogen and oxygen atoms in total. The second-order valence-electron chi connectivity index (χ2n) is 3.17. The molecule has 0 saturated carbocycles. The van der Waals surface area contributed by atoms with Crippen LogP contribution >= 0.6 is 22.6 Å². The highest BCUT2D eigenvalue weighted by Crippen LogP contribution is 2.26. The molecule has 0 amide bonds. The molecule has 0 aliphatic carbocycles. The van der Waals surface area contributed by atoms with Gasteiger partial charge in [-0.2, -0.15) is 0 Å². The molecule has 0 radical (unpaired) electrons. The van der Waals surface area contributed by atoms with Crippen LogP contribution in [0.15, 0.2) is 23.0 Å². The SMILES string of the molecule is Cc1ccc2[nH]c(=O)c(I)c(O)c2c1. The Morgan fingerprint density at radius 1 is 1.43 bits per heavy atom. The molecule has 1 heterocycles. The zero-order valence-electron chi connectivity index (χ0n) is 7.47. The monoisotopic (exact) mass is 301 g/mol. The Hall–Kier alpha value is -1.04. The number of fused-ring (bicyclic) bond motifs is 1. The average molecular weight is 301 g/mol. The van der Waals surface area contributed by atoms with Crippen LogP contribution in [0.3, 0.4) is 0 Å². The van der Waals surface area contributed by atoms with Gasteiger partial charge in [0, 0.05) is 5.39 Å². The van der Waals surface area contributed by atoms with Gasteiger partial charge in [-0.3, -0.25) is 4.79 Å². The highest BCUT2D eigenvalue weighted by molar-refractivity contribution is 14.1. The molecular formula is C10H8INO2. The van der Waals surface area contributed by atoms with Crippen LogP contribution in [0, 0.1) is 10.5 Å². The maximum atomic E-state index is 11.3. The van der Waals surface area contributed by atoms with Crippen molar-refractivity contribution >= 4 is 33.5 Å². The minimum absolute atomic E-state index is 0.0630. The van der Waals surface area contributed by atoms with Crippen LogP contribution in [0.2, 0.25) is 0 Å². The smallest absolute Gasteiger partial charge is 0.265 e. The van der Waals surface area contributed by atoms with Gasteiger partial charge in [-0.1, -0.05) is 11.6 Å². The van der Waals surface area contributed by atoms with Gasteiger partial charge < -0.3 is 10.1 Å². The van der Waals surface area contributed by atoms with Crippen LogP contribution < -0.4 is 5.56 Å². The summed E-state index contributed by atoms with van der Waals surface area (Å²) in [6.07, 6.45) is 0.